The molecule has 0 saturated carbocycles. The molecule has 4 heteroatoms. The van der Waals surface area contributed by atoms with Gasteiger partial charge in [-0.15, -0.1) is 11.3 Å². The average molecular weight is 293 g/mol. The highest BCUT2D eigenvalue weighted by molar-refractivity contribution is 7.15. The van der Waals surface area contributed by atoms with E-state index in [1.54, 1.807) is 23.5 Å². The maximum atomic E-state index is 13.2. The molecule has 0 aliphatic rings. The summed E-state index contributed by atoms with van der Waals surface area (Å²) in [6, 6.07) is 10.8. The maximum absolute atomic E-state index is 13.2. The number of nitrogens with one attached hydrogen (secondary N) is 1. The zero-order valence-corrected chi connectivity index (χ0v) is 12.4. The summed E-state index contributed by atoms with van der Waals surface area (Å²) in [7, 11) is 0. The van der Waals surface area contributed by atoms with Crippen molar-refractivity contribution in [2.24, 2.45) is 5.92 Å². The molecule has 1 unspecified atom stereocenters. The van der Waals surface area contributed by atoms with Gasteiger partial charge in [0.05, 0.1) is 0 Å². The van der Waals surface area contributed by atoms with Crippen LogP contribution >= 0.6 is 11.3 Å². The molecule has 108 valence electrons. The molecule has 0 saturated heterocycles. The number of hydrogen-bond acceptors (Lipinski definition) is 3. The molecule has 0 spiro atoms. The number of hydrogen-bond donors (Lipinski definition) is 2. The standard InChI is InChI=1S/C16H20FNOS/c1-12(7-8-19)10-18-11-15-5-6-16(20-15)13-3-2-4-14(17)9-13/h2-6,9,12,18-19H,7-8,10-11H2,1H3. The van der Waals surface area contributed by atoms with Gasteiger partial charge in [-0.2, -0.15) is 0 Å². The first-order valence-corrected chi connectivity index (χ1v) is 7.67. The van der Waals surface area contributed by atoms with Crippen LogP contribution in [0.4, 0.5) is 4.39 Å². The van der Waals surface area contributed by atoms with Crippen molar-refractivity contribution in [1.82, 2.24) is 5.32 Å². The minimum Gasteiger partial charge on any atom is -0.396 e. The molecule has 0 fully saturated rings. The summed E-state index contributed by atoms with van der Waals surface area (Å²) in [5, 5.41) is 12.2. The first kappa shape index (κ1) is 15.2. The second kappa shape index (κ2) is 7.53. The molecule has 0 aliphatic carbocycles. The van der Waals surface area contributed by atoms with E-state index in [9.17, 15) is 4.39 Å². The minimum atomic E-state index is -0.201. The summed E-state index contributed by atoms with van der Waals surface area (Å²) in [4.78, 5) is 2.32. The lowest BCUT2D eigenvalue weighted by Crippen LogP contribution is -2.20. The summed E-state index contributed by atoms with van der Waals surface area (Å²) in [6.07, 6.45) is 0.825. The monoisotopic (exact) mass is 293 g/mol. The molecular weight excluding hydrogens is 273 g/mol. The van der Waals surface area contributed by atoms with Crippen LogP contribution in [0.3, 0.4) is 0 Å². The van der Waals surface area contributed by atoms with Gasteiger partial charge in [0, 0.05) is 22.9 Å². The van der Waals surface area contributed by atoms with Crippen LogP contribution < -0.4 is 5.32 Å². The van der Waals surface area contributed by atoms with Gasteiger partial charge in [0.25, 0.3) is 0 Å². The second-order valence-electron chi connectivity index (χ2n) is 5.02. The Morgan fingerprint density at radius 1 is 1.30 bits per heavy atom. The Balaban J connectivity index is 1.89. The summed E-state index contributed by atoms with van der Waals surface area (Å²) in [5.74, 6) is 0.274. The van der Waals surface area contributed by atoms with Crippen LogP contribution in [-0.2, 0) is 6.54 Å². The van der Waals surface area contributed by atoms with Crippen molar-refractivity contribution < 1.29 is 9.50 Å². The smallest absolute Gasteiger partial charge is 0.123 e. The number of rotatable bonds is 7. The van der Waals surface area contributed by atoms with E-state index in [0.29, 0.717) is 5.92 Å². The number of thiophene rings is 1. The number of halogens is 1. The summed E-state index contributed by atoms with van der Waals surface area (Å²) in [5.41, 5.74) is 0.926. The van der Waals surface area contributed by atoms with Gasteiger partial charge in [-0.1, -0.05) is 19.1 Å². The van der Waals surface area contributed by atoms with E-state index in [1.807, 2.05) is 12.1 Å². The quantitative estimate of drug-likeness (QED) is 0.816. The molecule has 0 aliphatic heterocycles. The molecule has 2 rings (SSSR count). The molecule has 1 atom stereocenters. The van der Waals surface area contributed by atoms with Crippen molar-refractivity contribution in [3.63, 3.8) is 0 Å². The number of benzene rings is 1. The van der Waals surface area contributed by atoms with Crippen LogP contribution in [0.25, 0.3) is 10.4 Å². The highest BCUT2D eigenvalue weighted by Crippen LogP contribution is 2.28. The Hall–Kier alpha value is -1.23. The van der Waals surface area contributed by atoms with Crippen molar-refractivity contribution >= 4 is 11.3 Å². The largest absolute Gasteiger partial charge is 0.396 e. The van der Waals surface area contributed by atoms with Crippen molar-refractivity contribution in [2.75, 3.05) is 13.2 Å². The topological polar surface area (TPSA) is 32.3 Å². The Kier molecular flexibility index (Phi) is 5.71. The SMILES string of the molecule is CC(CCO)CNCc1ccc(-c2cccc(F)c2)s1. The first-order chi connectivity index (χ1) is 9.69. The van der Waals surface area contributed by atoms with Crippen LogP contribution in [0.1, 0.15) is 18.2 Å². The van der Waals surface area contributed by atoms with E-state index < -0.39 is 0 Å². The van der Waals surface area contributed by atoms with Crippen molar-refractivity contribution in [2.45, 2.75) is 19.9 Å². The molecular formula is C16H20FNOS. The molecule has 1 aromatic carbocycles. The third-order valence-corrected chi connectivity index (χ3v) is 4.32. The fourth-order valence-electron chi connectivity index (χ4n) is 2.03. The fraction of sp³-hybridized carbons (Fsp3) is 0.375. The molecule has 1 aromatic heterocycles. The summed E-state index contributed by atoms with van der Waals surface area (Å²) in [6.45, 7) is 4.07. The fourth-order valence-corrected chi connectivity index (χ4v) is 3.01. The van der Waals surface area contributed by atoms with Crippen LogP contribution in [0.15, 0.2) is 36.4 Å². The average Bonchev–Trinajstić information content (AvgIpc) is 2.88. The van der Waals surface area contributed by atoms with Crippen LogP contribution in [-0.4, -0.2) is 18.3 Å². The Bertz CT molecular complexity index is 541. The lowest BCUT2D eigenvalue weighted by atomic mass is 10.1. The third kappa shape index (κ3) is 4.40. The molecule has 0 radical (unpaired) electrons. The van der Waals surface area contributed by atoms with E-state index in [1.165, 1.54) is 10.9 Å². The van der Waals surface area contributed by atoms with Gasteiger partial charge in [0.1, 0.15) is 5.82 Å². The van der Waals surface area contributed by atoms with Crippen molar-refractivity contribution in [1.29, 1.82) is 0 Å². The molecule has 2 aromatic rings. The van der Waals surface area contributed by atoms with E-state index in [2.05, 4.69) is 18.3 Å². The molecule has 0 bridgehead atoms. The van der Waals surface area contributed by atoms with Crippen molar-refractivity contribution in [3.8, 4) is 10.4 Å². The number of aliphatic hydroxyl groups excluding tert-OH is 1. The van der Waals surface area contributed by atoms with E-state index in [-0.39, 0.29) is 12.4 Å². The van der Waals surface area contributed by atoms with E-state index >= 15 is 0 Å². The zero-order chi connectivity index (χ0) is 14.4. The molecule has 2 nitrogen and oxygen atoms in total. The normalized spacial score (nSPS) is 12.6. The van der Waals surface area contributed by atoms with Crippen molar-refractivity contribution in [3.05, 3.63) is 47.1 Å². The zero-order valence-electron chi connectivity index (χ0n) is 11.6. The highest BCUT2D eigenvalue weighted by atomic mass is 32.1. The highest BCUT2D eigenvalue weighted by Gasteiger charge is 2.05. The summed E-state index contributed by atoms with van der Waals surface area (Å²) >= 11 is 1.68. The summed E-state index contributed by atoms with van der Waals surface area (Å²) < 4.78 is 13.2. The lowest BCUT2D eigenvalue weighted by molar-refractivity contribution is 0.260. The second-order valence-corrected chi connectivity index (χ2v) is 6.19. The minimum absolute atomic E-state index is 0.201. The molecule has 1 heterocycles. The Morgan fingerprint density at radius 3 is 2.90 bits per heavy atom. The first-order valence-electron chi connectivity index (χ1n) is 6.85. The van der Waals surface area contributed by atoms with Crippen LogP contribution in [0, 0.1) is 11.7 Å². The molecule has 0 amide bonds. The van der Waals surface area contributed by atoms with E-state index in [0.717, 1.165) is 30.0 Å². The van der Waals surface area contributed by atoms with Gasteiger partial charge >= 0.3 is 0 Å². The van der Waals surface area contributed by atoms with Crippen LogP contribution in [0.5, 0.6) is 0 Å². The molecule has 2 N–H and O–H groups in total. The Labute approximate surface area is 123 Å². The third-order valence-electron chi connectivity index (χ3n) is 3.18. The van der Waals surface area contributed by atoms with Gasteiger partial charge in [-0.05, 0) is 48.7 Å². The van der Waals surface area contributed by atoms with Gasteiger partial charge < -0.3 is 10.4 Å². The van der Waals surface area contributed by atoms with Gasteiger partial charge in [-0.3, -0.25) is 0 Å². The van der Waals surface area contributed by atoms with Gasteiger partial charge in [-0.25, -0.2) is 4.39 Å². The maximum Gasteiger partial charge on any atom is 0.123 e. The predicted molar refractivity (Wildman–Crippen MR) is 82.3 cm³/mol. The van der Waals surface area contributed by atoms with E-state index in [4.69, 9.17) is 5.11 Å². The van der Waals surface area contributed by atoms with Gasteiger partial charge in [0.2, 0.25) is 0 Å². The van der Waals surface area contributed by atoms with Gasteiger partial charge in [0.15, 0.2) is 0 Å². The van der Waals surface area contributed by atoms with Crippen LogP contribution in [0.2, 0.25) is 0 Å². The predicted octanol–water partition coefficient (Wildman–Crippen LogP) is 3.66. The Morgan fingerprint density at radius 2 is 2.15 bits per heavy atom. The molecule has 20 heavy (non-hydrogen) atoms. The lowest BCUT2D eigenvalue weighted by Gasteiger charge is -2.09. The number of aliphatic hydroxyl groups is 1.